The Balaban J connectivity index is 1.59. The van der Waals surface area contributed by atoms with Crippen LogP contribution in [0.2, 0.25) is 0 Å². The predicted octanol–water partition coefficient (Wildman–Crippen LogP) is 2.36. The van der Waals surface area contributed by atoms with Crippen molar-refractivity contribution in [3.63, 3.8) is 0 Å². The van der Waals surface area contributed by atoms with Crippen LogP contribution in [-0.2, 0) is 11.3 Å². The van der Waals surface area contributed by atoms with E-state index < -0.39 is 0 Å². The minimum Gasteiger partial charge on any atom is -0.326 e. The molecule has 4 nitrogen and oxygen atoms in total. The smallest absolute Gasteiger partial charge is 0.225 e. The van der Waals surface area contributed by atoms with Gasteiger partial charge in [0, 0.05) is 24.7 Å². The van der Waals surface area contributed by atoms with E-state index in [1.54, 1.807) is 0 Å². The quantitative estimate of drug-likeness (QED) is 0.874. The van der Waals surface area contributed by atoms with Crippen molar-refractivity contribution in [1.82, 2.24) is 10.2 Å². The lowest BCUT2D eigenvalue weighted by Gasteiger charge is -2.18. The Labute approximate surface area is 126 Å². The lowest BCUT2D eigenvalue weighted by atomic mass is 10.1. The maximum atomic E-state index is 12.2. The molecule has 0 saturated carbocycles. The molecule has 1 unspecified atom stereocenters. The fourth-order valence-corrected chi connectivity index (χ4v) is 3.32. The third kappa shape index (κ3) is 4.05. The van der Waals surface area contributed by atoms with E-state index in [9.17, 15) is 4.79 Å². The summed E-state index contributed by atoms with van der Waals surface area (Å²) in [5.74, 6) is 0.128. The molecule has 0 bridgehead atoms. The summed E-state index contributed by atoms with van der Waals surface area (Å²) in [4.78, 5) is 14.7. The van der Waals surface area contributed by atoms with E-state index in [2.05, 4.69) is 27.7 Å². The van der Waals surface area contributed by atoms with Gasteiger partial charge in [0.05, 0.1) is 0 Å². The molecule has 4 heteroatoms. The molecule has 2 aliphatic rings. The molecule has 0 aromatic heterocycles. The van der Waals surface area contributed by atoms with E-state index in [4.69, 9.17) is 0 Å². The fourth-order valence-electron chi connectivity index (χ4n) is 3.32. The van der Waals surface area contributed by atoms with Crippen LogP contribution in [0.5, 0.6) is 0 Å². The summed E-state index contributed by atoms with van der Waals surface area (Å²) in [6, 6.07) is 8.56. The highest BCUT2D eigenvalue weighted by Crippen LogP contribution is 2.20. The van der Waals surface area contributed by atoms with Crippen LogP contribution >= 0.6 is 0 Å². The zero-order valence-corrected chi connectivity index (χ0v) is 12.6. The summed E-state index contributed by atoms with van der Waals surface area (Å²) in [5, 5.41) is 6.48. The predicted molar refractivity (Wildman–Crippen MR) is 85.2 cm³/mol. The van der Waals surface area contributed by atoms with Crippen LogP contribution in [-0.4, -0.2) is 36.5 Å². The van der Waals surface area contributed by atoms with Crippen LogP contribution in [0, 0.1) is 0 Å². The fraction of sp³-hybridized carbons (Fsp3) is 0.588. The lowest BCUT2D eigenvalue weighted by Crippen LogP contribution is -2.28. The average Bonchev–Trinajstić information content (AvgIpc) is 3.14. The second-order valence-corrected chi connectivity index (χ2v) is 6.19. The van der Waals surface area contributed by atoms with Crippen molar-refractivity contribution in [2.24, 2.45) is 0 Å². The van der Waals surface area contributed by atoms with E-state index >= 15 is 0 Å². The highest BCUT2D eigenvalue weighted by atomic mass is 16.1. The Morgan fingerprint density at radius 1 is 1.24 bits per heavy atom. The molecule has 114 valence electrons. The maximum absolute atomic E-state index is 12.2. The molecular formula is C17H25N3O. The molecule has 1 aromatic carbocycles. The highest BCUT2D eigenvalue weighted by molar-refractivity contribution is 5.91. The van der Waals surface area contributed by atoms with Gasteiger partial charge in [0.15, 0.2) is 0 Å². The van der Waals surface area contributed by atoms with Gasteiger partial charge in [-0.05, 0) is 56.9 Å². The molecule has 1 atom stereocenters. The van der Waals surface area contributed by atoms with Crippen molar-refractivity contribution in [2.45, 2.75) is 44.7 Å². The number of benzene rings is 1. The molecule has 1 amide bonds. The van der Waals surface area contributed by atoms with Crippen LogP contribution in [0.3, 0.4) is 0 Å². The van der Waals surface area contributed by atoms with Gasteiger partial charge in [-0.2, -0.15) is 0 Å². The first-order chi connectivity index (χ1) is 10.3. The first-order valence-electron chi connectivity index (χ1n) is 8.15. The van der Waals surface area contributed by atoms with E-state index in [0.29, 0.717) is 12.5 Å². The van der Waals surface area contributed by atoms with E-state index in [1.165, 1.54) is 37.9 Å². The zero-order valence-electron chi connectivity index (χ0n) is 12.6. The van der Waals surface area contributed by atoms with Crippen LogP contribution in [0.25, 0.3) is 0 Å². The Morgan fingerprint density at radius 2 is 2.05 bits per heavy atom. The number of carbonyl (C=O) groups excluding carboxylic acids is 1. The summed E-state index contributed by atoms with van der Waals surface area (Å²) in [7, 11) is 0. The van der Waals surface area contributed by atoms with Crippen molar-refractivity contribution >= 4 is 11.6 Å². The average molecular weight is 287 g/mol. The van der Waals surface area contributed by atoms with Crippen LogP contribution in [0.4, 0.5) is 5.69 Å². The maximum Gasteiger partial charge on any atom is 0.225 e. The largest absolute Gasteiger partial charge is 0.326 e. The van der Waals surface area contributed by atoms with Crippen molar-refractivity contribution < 1.29 is 4.79 Å². The van der Waals surface area contributed by atoms with Gasteiger partial charge in [0.1, 0.15) is 0 Å². The van der Waals surface area contributed by atoms with Crippen molar-refractivity contribution in [1.29, 1.82) is 0 Å². The number of amides is 1. The molecular weight excluding hydrogens is 262 g/mol. The van der Waals surface area contributed by atoms with Gasteiger partial charge in [-0.15, -0.1) is 0 Å². The monoisotopic (exact) mass is 287 g/mol. The summed E-state index contributed by atoms with van der Waals surface area (Å²) in [6.07, 6.45) is 5.47. The molecule has 2 saturated heterocycles. The number of nitrogens with zero attached hydrogens (tertiary/aromatic N) is 1. The van der Waals surface area contributed by atoms with Gasteiger partial charge in [0.25, 0.3) is 0 Å². The van der Waals surface area contributed by atoms with Gasteiger partial charge in [-0.3, -0.25) is 9.69 Å². The third-order valence-corrected chi connectivity index (χ3v) is 4.48. The van der Waals surface area contributed by atoms with E-state index in [1.807, 2.05) is 12.1 Å². The molecule has 2 N–H and O–H groups in total. The molecule has 2 heterocycles. The van der Waals surface area contributed by atoms with Gasteiger partial charge in [-0.25, -0.2) is 0 Å². The lowest BCUT2D eigenvalue weighted by molar-refractivity contribution is -0.116. The van der Waals surface area contributed by atoms with E-state index in [-0.39, 0.29) is 5.91 Å². The van der Waals surface area contributed by atoms with Crippen molar-refractivity contribution in [3.8, 4) is 0 Å². The highest BCUT2D eigenvalue weighted by Gasteiger charge is 2.19. The van der Waals surface area contributed by atoms with Gasteiger partial charge < -0.3 is 10.6 Å². The Bertz CT molecular complexity index is 477. The third-order valence-electron chi connectivity index (χ3n) is 4.48. The number of rotatable bonds is 5. The summed E-state index contributed by atoms with van der Waals surface area (Å²) < 4.78 is 0. The summed E-state index contributed by atoms with van der Waals surface area (Å²) >= 11 is 0. The number of anilines is 1. The van der Waals surface area contributed by atoms with Gasteiger partial charge in [-0.1, -0.05) is 18.2 Å². The minimum atomic E-state index is 0.128. The number of carbonyl (C=O) groups is 1. The first kappa shape index (κ1) is 14.5. The summed E-state index contributed by atoms with van der Waals surface area (Å²) in [6.45, 7) is 4.34. The van der Waals surface area contributed by atoms with Crippen molar-refractivity contribution in [2.75, 3.05) is 25.0 Å². The molecule has 2 fully saturated rings. The minimum absolute atomic E-state index is 0.128. The molecule has 3 rings (SSSR count). The van der Waals surface area contributed by atoms with E-state index in [0.717, 1.165) is 25.2 Å². The number of likely N-dealkylation sites (tertiary alicyclic amines) is 1. The standard InChI is InChI=1S/C17H25N3O/c21-17(12-15-7-5-9-18-15)19-16-8-2-1-6-14(16)13-20-10-3-4-11-20/h1-2,6,8,15,18H,3-5,7,9-13H2,(H,19,21). The number of para-hydroxylation sites is 1. The number of hydrogen-bond acceptors (Lipinski definition) is 3. The van der Waals surface area contributed by atoms with Crippen LogP contribution < -0.4 is 10.6 Å². The molecule has 1 aromatic rings. The van der Waals surface area contributed by atoms with Crippen LogP contribution in [0.1, 0.15) is 37.7 Å². The Hall–Kier alpha value is -1.39. The number of nitrogens with one attached hydrogen (secondary N) is 2. The second-order valence-electron chi connectivity index (χ2n) is 6.19. The van der Waals surface area contributed by atoms with Crippen LogP contribution in [0.15, 0.2) is 24.3 Å². The zero-order chi connectivity index (χ0) is 14.5. The second kappa shape index (κ2) is 7.05. The topological polar surface area (TPSA) is 44.4 Å². The SMILES string of the molecule is O=C(CC1CCCN1)Nc1ccccc1CN1CCCC1. The summed E-state index contributed by atoms with van der Waals surface area (Å²) in [5.41, 5.74) is 2.21. The molecule has 0 aliphatic carbocycles. The molecule has 21 heavy (non-hydrogen) atoms. The van der Waals surface area contributed by atoms with Gasteiger partial charge >= 0.3 is 0 Å². The first-order valence-corrected chi connectivity index (χ1v) is 8.15. The number of hydrogen-bond donors (Lipinski definition) is 2. The Kier molecular flexibility index (Phi) is 4.88. The Morgan fingerprint density at radius 3 is 2.81 bits per heavy atom. The molecule has 0 radical (unpaired) electrons. The molecule has 0 spiro atoms. The van der Waals surface area contributed by atoms with Gasteiger partial charge in [0.2, 0.25) is 5.91 Å². The molecule has 2 aliphatic heterocycles. The van der Waals surface area contributed by atoms with Crippen molar-refractivity contribution in [3.05, 3.63) is 29.8 Å². The normalized spacial score (nSPS) is 22.6.